The number of carbonyl (C=O) groups is 2. The number of pyridine rings is 2. The van der Waals surface area contributed by atoms with E-state index in [1.54, 1.807) is 9.80 Å². The molecule has 0 radical (unpaired) electrons. The van der Waals surface area contributed by atoms with Gasteiger partial charge in [0, 0.05) is 32.7 Å². The average Bonchev–Trinajstić information content (AvgIpc) is 3.05. The van der Waals surface area contributed by atoms with Gasteiger partial charge in [-0.3, -0.25) is 9.59 Å². The number of carbonyl (C=O) groups excluding carboxylic acids is 2. The number of hydrogen-bond donors (Lipinski definition) is 1. The zero-order valence-corrected chi connectivity index (χ0v) is 21.9. The van der Waals surface area contributed by atoms with Crippen molar-refractivity contribution in [2.75, 3.05) is 63.2 Å². The lowest BCUT2D eigenvalue weighted by Crippen LogP contribution is -2.57. The Kier molecular flexibility index (Phi) is 6.96. The zero-order chi connectivity index (χ0) is 26.3. The highest BCUT2D eigenvalue weighted by Gasteiger charge is 2.40. The summed E-state index contributed by atoms with van der Waals surface area (Å²) in [5, 5.41) is 0.228. The molecule has 2 aromatic rings. The van der Waals surface area contributed by atoms with E-state index in [4.69, 9.17) is 31.8 Å². The molecule has 11 heteroatoms. The van der Waals surface area contributed by atoms with Gasteiger partial charge in [-0.15, -0.1) is 0 Å². The summed E-state index contributed by atoms with van der Waals surface area (Å²) in [5.74, 6) is 0.777. The summed E-state index contributed by atoms with van der Waals surface area (Å²) < 4.78 is 11.9. The Labute approximate surface area is 221 Å². The third kappa shape index (κ3) is 4.48. The number of anilines is 2. The molecule has 0 unspecified atom stereocenters. The molecule has 196 valence electrons. The molecule has 2 saturated heterocycles. The summed E-state index contributed by atoms with van der Waals surface area (Å²) >= 11 is 6.98. The number of aromatic nitrogens is 2. The van der Waals surface area contributed by atoms with Gasteiger partial charge in [-0.25, -0.2) is 9.97 Å². The van der Waals surface area contributed by atoms with Gasteiger partial charge in [-0.05, 0) is 36.6 Å². The lowest BCUT2D eigenvalue weighted by Gasteiger charge is -2.39. The lowest BCUT2D eigenvalue weighted by atomic mass is 10.0. The molecule has 0 aliphatic carbocycles. The second-order valence-electron chi connectivity index (χ2n) is 9.40. The van der Waals surface area contributed by atoms with Crippen LogP contribution in [0.2, 0.25) is 5.02 Å². The van der Waals surface area contributed by atoms with Crippen molar-refractivity contribution in [2.24, 2.45) is 0 Å². The Hall–Kier alpha value is -3.37. The van der Waals surface area contributed by atoms with Crippen molar-refractivity contribution in [3.05, 3.63) is 40.4 Å². The Bertz CT molecular complexity index is 1260. The third-order valence-corrected chi connectivity index (χ3v) is 7.55. The van der Waals surface area contributed by atoms with E-state index in [-0.39, 0.29) is 35.2 Å². The van der Waals surface area contributed by atoms with E-state index in [2.05, 4.69) is 11.6 Å². The largest absolute Gasteiger partial charge is 0.489 e. The van der Waals surface area contributed by atoms with E-state index in [0.717, 1.165) is 11.1 Å². The van der Waals surface area contributed by atoms with Crippen LogP contribution in [0.3, 0.4) is 0 Å². The molecule has 0 aromatic carbocycles. The molecule has 3 aliphatic rings. The van der Waals surface area contributed by atoms with E-state index in [0.29, 0.717) is 80.9 Å². The van der Waals surface area contributed by atoms with E-state index in [1.807, 2.05) is 24.8 Å². The first kappa shape index (κ1) is 25.3. The lowest BCUT2D eigenvalue weighted by molar-refractivity contribution is -0.128. The highest BCUT2D eigenvalue weighted by atomic mass is 35.5. The minimum Gasteiger partial charge on any atom is -0.489 e. The van der Waals surface area contributed by atoms with Crippen molar-refractivity contribution in [3.63, 3.8) is 0 Å². The normalized spacial score (nSPS) is 19.6. The first-order valence-corrected chi connectivity index (χ1v) is 12.9. The molecule has 5 rings (SSSR count). The van der Waals surface area contributed by atoms with E-state index in [1.165, 1.54) is 6.08 Å². The van der Waals surface area contributed by atoms with Crippen LogP contribution in [-0.2, 0) is 16.0 Å². The van der Waals surface area contributed by atoms with Gasteiger partial charge in [0.25, 0.3) is 5.91 Å². The highest BCUT2D eigenvalue weighted by Crippen LogP contribution is 2.44. The number of morpholine rings is 1. The van der Waals surface area contributed by atoms with Gasteiger partial charge in [-0.2, -0.15) is 0 Å². The van der Waals surface area contributed by atoms with Gasteiger partial charge in [-0.1, -0.05) is 25.1 Å². The number of aryl methyl sites for hydroxylation is 1. The number of nitrogen functional groups attached to an aromatic ring is 1. The molecule has 0 saturated carbocycles. The SMILES string of the molecule is C=CC(=O)N1CCN2C(=O)c3c(N4CCOCC4)nc(-c4nc(N)cc(C)c4CC)c(Cl)c3OC[C@H]2C1. The second kappa shape index (κ2) is 10.2. The predicted octanol–water partition coefficient (Wildman–Crippen LogP) is 2.32. The molecule has 2 aromatic heterocycles. The highest BCUT2D eigenvalue weighted by molar-refractivity contribution is 6.35. The van der Waals surface area contributed by atoms with Crippen LogP contribution in [0.25, 0.3) is 11.4 Å². The molecule has 2 fully saturated rings. The smallest absolute Gasteiger partial charge is 0.261 e. The van der Waals surface area contributed by atoms with Crippen molar-refractivity contribution in [1.29, 1.82) is 0 Å². The molecule has 0 bridgehead atoms. The van der Waals surface area contributed by atoms with Crippen molar-refractivity contribution in [1.82, 2.24) is 19.8 Å². The molecule has 2 N–H and O–H groups in total. The van der Waals surface area contributed by atoms with Gasteiger partial charge in [0.05, 0.1) is 24.9 Å². The minimum atomic E-state index is -0.325. The number of piperazine rings is 1. The van der Waals surface area contributed by atoms with Crippen molar-refractivity contribution < 1.29 is 19.1 Å². The zero-order valence-electron chi connectivity index (χ0n) is 21.1. The second-order valence-corrected chi connectivity index (χ2v) is 9.78. The van der Waals surface area contributed by atoms with Gasteiger partial charge in [0.1, 0.15) is 34.5 Å². The number of halogens is 1. The summed E-state index contributed by atoms with van der Waals surface area (Å²) in [6, 6.07) is 1.50. The molecule has 2 amide bonds. The first-order valence-electron chi connectivity index (χ1n) is 12.5. The Morgan fingerprint density at radius 2 is 2.00 bits per heavy atom. The van der Waals surface area contributed by atoms with Crippen molar-refractivity contribution in [2.45, 2.75) is 26.3 Å². The Morgan fingerprint density at radius 1 is 1.24 bits per heavy atom. The van der Waals surface area contributed by atoms with Crippen LogP contribution >= 0.6 is 11.6 Å². The van der Waals surface area contributed by atoms with Crippen LogP contribution in [0.5, 0.6) is 5.75 Å². The van der Waals surface area contributed by atoms with Crippen molar-refractivity contribution in [3.8, 4) is 17.1 Å². The minimum absolute atomic E-state index is 0.167. The molecular formula is C26H31ClN6O4. The quantitative estimate of drug-likeness (QED) is 0.604. The van der Waals surface area contributed by atoms with Crippen LogP contribution in [0, 0.1) is 6.92 Å². The number of nitrogens with zero attached hydrogens (tertiary/aromatic N) is 5. The number of fused-ring (bicyclic) bond motifs is 2. The third-order valence-electron chi connectivity index (χ3n) is 7.20. The van der Waals surface area contributed by atoms with Crippen molar-refractivity contribution >= 4 is 35.1 Å². The number of nitrogens with two attached hydrogens (primary N) is 1. The summed E-state index contributed by atoms with van der Waals surface area (Å²) in [6.45, 7) is 11.1. The first-order chi connectivity index (χ1) is 17.8. The predicted molar refractivity (Wildman–Crippen MR) is 141 cm³/mol. The van der Waals surface area contributed by atoms with Gasteiger partial charge >= 0.3 is 0 Å². The fourth-order valence-electron chi connectivity index (χ4n) is 5.30. The molecule has 5 heterocycles. The maximum absolute atomic E-state index is 14.0. The van der Waals surface area contributed by atoms with Crippen LogP contribution in [0.1, 0.15) is 28.4 Å². The fraction of sp³-hybridized carbons (Fsp3) is 0.462. The number of amides is 2. The Morgan fingerprint density at radius 3 is 2.70 bits per heavy atom. The van der Waals surface area contributed by atoms with Gasteiger partial charge in [0.15, 0.2) is 5.75 Å². The average molecular weight is 527 g/mol. The molecule has 10 nitrogen and oxygen atoms in total. The number of hydrogen-bond acceptors (Lipinski definition) is 8. The number of rotatable bonds is 4. The monoisotopic (exact) mass is 526 g/mol. The fourth-order valence-corrected chi connectivity index (χ4v) is 5.58. The van der Waals surface area contributed by atoms with Gasteiger partial charge in [0.2, 0.25) is 5.91 Å². The molecule has 1 atom stereocenters. The van der Waals surface area contributed by atoms with Gasteiger partial charge < -0.3 is 29.9 Å². The molecular weight excluding hydrogens is 496 g/mol. The van der Waals surface area contributed by atoms with Crippen LogP contribution in [0.4, 0.5) is 11.6 Å². The maximum atomic E-state index is 14.0. The summed E-state index contributed by atoms with van der Waals surface area (Å²) in [7, 11) is 0. The topological polar surface area (TPSA) is 114 Å². The Balaban J connectivity index is 1.67. The molecule has 37 heavy (non-hydrogen) atoms. The summed E-state index contributed by atoms with van der Waals surface area (Å²) in [5.41, 5.74) is 9.45. The maximum Gasteiger partial charge on any atom is 0.261 e. The summed E-state index contributed by atoms with van der Waals surface area (Å²) in [4.78, 5) is 41.4. The van der Waals surface area contributed by atoms with E-state index < -0.39 is 0 Å². The molecule has 3 aliphatic heterocycles. The number of ether oxygens (including phenoxy) is 2. The summed E-state index contributed by atoms with van der Waals surface area (Å²) in [6.07, 6.45) is 2.00. The van der Waals surface area contributed by atoms with E-state index >= 15 is 0 Å². The molecule has 0 spiro atoms. The van der Waals surface area contributed by atoms with Crippen LogP contribution < -0.4 is 15.4 Å². The van der Waals surface area contributed by atoms with Crippen LogP contribution in [0.15, 0.2) is 18.7 Å². The standard InChI is InChI=1S/C26H31ClN6O4/c1-4-17-15(3)12-18(28)29-22(17)23-21(27)24-20(25(30-23)31-8-10-36-11-9-31)26(35)33-7-6-32(19(34)5-2)13-16(33)14-37-24/h5,12,16H,2,4,6-11,13-14H2,1,3H3,(H2,28,29)/t16-/m1/s1. The van der Waals surface area contributed by atoms with E-state index in [9.17, 15) is 9.59 Å². The van der Waals surface area contributed by atoms with Crippen LogP contribution in [-0.4, -0.2) is 90.2 Å².